The molecule has 0 radical (unpaired) electrons. The Hall–Kier alpha value is -2.74. The molecule has 25 heavy (non-hydrogen) atoms. The van der Waals surface area contributed by atoms with E-state index in [1.54, 1.807) is 24.3 Å². The van der Waals surface area contributed by atoms with Gasteiger partial charge >= 0.3 is 0 Å². The van der Waals surface area contributed by atoms with Crippen molar-refractivity contribution in [1.29, 1.82) is 0 Å². The Labute approximate surface area is 152 Å². The van der Waals surface area contributed by atoms with Crippen LogP contribution in [0.25, 0.3) is 0 Å². The zero-order valence-electron chi connectivity index (χ0n) is 13.4. The lowest BCUT2D eigenvalue weighted by molar-refractivity contribution is -0.385. The number of rotatable bonds is 6. The van der Waals surface area contributed by atoms with Gasteiger partial charge in [0.2, 0.25) is 0 Å². The fraction of sp³-hybridized carbons (Fsp3) is 0.176. The minimum absolute atomic E-state index is 0.149. The van der Waals surface area contributed by atoms with Gasteiger partial charge in [-0.1, -0.05) is 13.0 Å². The Morgan fingerprint density at radius 1 is 1.12 bits per heavy atom. The molecule has 0 heterocycles. The molecule has 130 valence electrons. The van der Waals surface area contributed by atoms with Crippen LogP contribution in [0.15, 0.2) is 46.9 Å². The molecule has 2 aromatic rings. The number of halogens is 1. The smallest absolute Gasteiger partial charge is 0.284 e. The topological polar surface area (TPSA) is 101 Å². The third kappa shape index (κ3) is 4.87. The van der Waals surface area contributed by atoms with Crippen molar-refractivity contribution >= 4 is 39.1 Å². The maximum absolute atomic E-state index is 12.3. The highest BCUT2D eigenvalue weighted by molar-refractivity contribution is 9.10. The van der Waals surface area contributed by atoms with Gasteiger partial charge in [-0.25, -0.2) is 0 Å². The summed E-state index contributed by atoms with van der Waals surface area (Å²) in [7, 11) is 0. The third-order valence-corrected chi connectivity index (χ3v) is 3.99. The zero-order chi connectivity index (χ0) is 18.4. The van der Waals surface area contributed by atoms with E-state index in [4.69, 9.17) is 0 Å². The summed E-state index contributed by atoms with van der Waals surface area (Å²) in [5.41, 5.74) is 0.809. The van der Waals surface area contributed by atoms with Crippen LogP contribution in [0.4, 0.5) is 11.4 Å². The molecule has 2 aromatic carbocycles. The van der Waals surface area contributed by atoms with E-state index in [-0.39, 0.29) is 17.2 Å². The summed E-state index contributed by atoms with van der Waals surface area (Å²) in [6.07, 6.45) is 0.824. The molecule has 0 aromatic heterocycles. The summed E-state index contributed by atoms with van der Waals surface area (Å²) in [6.45, 7) is 2.52. The van der Waals surface area contributed by atoms with Crippen LogP contribution >= 0.6 is 15.9 Å². The lowest BCUT2D eigenvalue weighted by Gasteiger charge is -2.08. The molecular formula is C17H16BrN3O4. The largest absolute Gasteiger partial charge is 0.352 e. The number of anilines is 1. The van der Waals surface area contributed by atoms with E-state index in [1.807, 2.05) is 6.92 Å². The van der Waals surface area contributed by atoms with Crippen molar-refractivity contribution in [3.8, 4) is 0 Å². The second-order valence-electron chi connectivity index (χ2n) is 5.21. The summed E-state index contributed by atoms with van der Waals surface area (Å²) in [4.78, 5) is 34.7. The van der Waals surface area contributed by atoms with E-state index in [0.717, 1.165) is 6.42 Å². The van der Waals surface area contributed by atoms with E-state index in [0.29, 0.717) is 22.3 Å². The first-order valence-corrected chi connectivity index (χ1v) is 8.35. The minimum atomic E-state index is -0.570. The molecule has 0 unspecified atom stereocenters. The van der Waals surface area contributed by atoms with Crippen molar-refractivity contribution in [2.75, 3.05) is 11.9 Å². The molecule has 2 rings (SSSR count). The number of nitro benzene ring substituents is 1. The maximum Gasteiger partial charge on any atom is 0.284 e. The van der Waals surface area contributed by atoms with Gasteiger partial charge in [0.15, 0.2) is 0 Å². The summed E-state index contributed by atoms with van der Waals surface area (Å²) < 4.78 is 0.295. The van der Waals surface area contributed by atoms with E-state index >= 15 is 0 Å². The number of carbonyl (C=O) groups excluding carboxylic acids is 2. The number of benzene rings is 2. The summed E-state index contributed by atoms with van der Waals surface area (Å²) in [5.74, 6) is -0.723. The van der Waals surface area contributed by atoms with Crippen molar-refractivity contribution in [2.24, 2.45) is 0 Å². The molecule has 8 heteroatoms. The summed E-state index contributed by atoms with van der Waals surface area (Å²) in [5, 5.41) is 16.4. The number of amides is 2. The highest BCUT2D eigenvalue weighted by Gasteiger charge is 2.16. The fourth-order valence-corrected chi connectivity index (χ4v) is 2.47. The first-order chi connectivity index (χ1) is 11.9. The standard InChI is InChI=1S/C17H16BrN3O4/c1-2-8-19-16(22)11-4-3-5-13(9-11)20-17(23)12-6-7-14(18)15(10-12)21(24)25/h3-7,9-10H,2,8H2,1H3,(H,19,22)(H,20,23). The third-order valence-electron chi connectivity index (χ3n) is 3.32. The Kier molecular flexibility index (Phi) is 6.24. The van der Waals surface area contributed by atoms with Crippen LogP contribution in [0.2, 0.25) is 0 Å². The molecule has 0 aliphatic heterocycles. The van der Waals surface area contributed by atoms with Crippen molar-refractivity contribution in [2.45, 2.75) is 13.3 Å². The molecule has 2 N–H and O–H groups in total. The van der Waals surface area contributed by atoms with Gasteiger partial charge in [-0.2, -0.15) is 0 Å². The van der Waals surface area contributed by atoms with Gasteiger partial charge in [-0.3, -0.25) is 19.7 Å². The number of hydrogen-bond donors (Lipinski definition) is 2. The van der Waals surface area contributed by atoms with Crippen molar-refractivity contribution in [3.63, 3.8) is 0 Å². The van der Waals surface area contributed by atoms with Crippen LogP contribution in [0.1, 0.15) is 34.1 Å². The number of hydrogen-bond acceptors (Lipinski definition) is 4. The predicted octanol–water partition coefficient (Wildman–Crippen LogP) is 3.75. The monoisotopic (exact) mass is 405 g/mol. The second-order valence-corrected chi connectivity index (χ2v) is 6.07. The van der Waals surface area contributed by atoms with Crippen molar-refractivity contribution in [3.05, 3.63) is 68.2 Å². The van der Waals surface area contributed by atoms with Crippen LogP contribution in [-0.2, 0) is 0 Å². The molecular weight excluding hydrogens is 390 g/mol. The molecule has 0 aliphatic rings. The molecule has 0 aliphatic carbocycles. The van der Waals surface area contributed by atoms with Gasteiger partial charge in [0.25, 0.3) is 17.5 Å². The molecule has 0 atom stereocenters. The lowest BCUT2D eigenvalue weighted by Crippen LogP contribution is -2.24. The molecule has 2 amide bonds. The van der Waals surface area contributed by atoms with Crippen molar-refractivity contribution < 1.29 is 14.5 Å². The van der Waals surface area contributed by atoms with Crippen LogP contribution < -0.4 is 10.6 Å². The first kappa shape index (κ1) is 18.6. The van der Waals surface area contributed by atoms with Gasteiger partial charge in [0, 0.05) is 29.4 Å². The highest BCUT2D eigenvalue weighted by atomic mass is 79.9. The number of nitrogens with one attached hydrogen (secondary N) is 2. The van der Waals surface area contributed by atoms with Gasteiger partial charge in [-0.05, 0) is 52.7 Å². The predicted molar refractivity (Wildman–Crippen MR) is 97.8 cm³/mol. The SMILES string of the molecule is CCCNC(=O)c1cccc(NC(=O)c2ccc(Br)c([N+](=O)[O-])c2)c1. The van der Waals surface area contributed by atoms with Gasteiger partial charge < -0.3 is 10.6 Å². The van der Waals surface area contributed by atoms with E-state index in [9.17, 15) is 19.7 Å². The first-order valence-electron chi connectivity index (χ1n) is 7.56. The van der Waals surface area contributed by atoms with E-state index in [1.165, 1.54) is 18.2 Å². The molecule has 0 saturated carbocycles. The molecule has 0 fully saturated rings. The van der Waals surface area contributed by atoms with Crippen LogP contribution in [-0.4, -0.2) is 23.3 Å². The average Bonchev–Trinajstić information content (AvgIpc) is 2.59. The van der Waals surface area contributed by atoms with Crippen LogP contribution in [0.5, 0.6) is 0 Å². The summed E-state index contributed by atoms with van der Waals surface area (Å²) >= 11 is 3.08. The van der Waals surface area contributed by atoms with Gasteiger partial charge in [0.05, 0.1) is 9.40 Å². The fourth-order valence-electron chi connectivity index (χ4n) is 2.08. The molecule has 7 nitrogen and oxygen atoms in total. The minimum Gasteiger partial charge on any atom is -0.352 e. The Morgan fingerprint density at radius 2 is 1.84 bits per heavy atom. The summed E-state index contributed by atoms with van der Waals surface area (Å²) in [6, 6.07) is 10.6. The molecule has 0 saturated heterocycles. The van der Waals surface area contributed by atoms with Gasteiger partial charge in [-0.15, -0.1) is 0 Å². The van der Waals surface area contributed by atoms with Crippen LogP contribution in [0.3, 0.4) is 0 Å². The lowest BCUT2D eigenvalue weighted by atomic mass is 10.1. The van der Waals surface area contributed by atoms with E-state index < -0.39 is 10.8 Å². The molecule has 0 bridgehead atoms. The number of nitro groups is 1. The number of carbonyl (C=O) groups is 2. The Balaban J connectivity index is 2.17. The van der Waals surface area contributed by atoms with Crippen molar-refractivity contribution in [1.82, 2.24) is 5.32 Å². The molecule has 0 spiro atoms. The zero-order valence-corrected chi connectivity index (χ0v) is 15.0. The average molecular weight is 406 g/mol. The van der Waals surface area contributed by atoms with Crippen LogP contribution in [0, 0.1) is 10.1 Å². The van der Waals surface area contributed by atoms with Gasteiger partial charge in [0.1, 0.15) is 0 Å². The van der Waals surface area contributed by atoms with E-state index in [2.05, 4.69) is 26.6 Å². The highest BCUT2D eigenvalue weighted by Crippen LogP contribution is 2.26. The normalized spacial score (nSPS) is 10.2. The number of nitrogens with zero attached hydrogens (tertiary/aromatic N) is 1. The second kappa shape index (κ2) is 8.39. The quantitative estimate of drug-likeness (QED) is 0.564. The Bertz CT molecular complexity index is 823. The maximum atomic E-state index is 12.3. The Morgan fingerprint density at radius 3 is 2.52 bits per heavy atom.